The van der Waals surface area contributed by atoms with E-state index in [4.69, 9.17) is 0 Å². The lowest BCUT2D eigenvalue weighted by molar-refractivity contribution is 0.691. The second-order valence-corrected chi connectivity index (χ2v) is 1.40. The van der Waals surface area contributed by atoms with Gasteiger partial charge in [0.25, 0.3) is 0 Å². The van der Waals surface area contributed by atoms with E-state index in [1.807, 2.05) is 0 Å². The summed E-state index contributed by atoms with van der Waals surface area (Å²) in [6, 6.07) is 0. The van der Waals surface area contributed by atoms with E-state index in [0.29, 0.717) is 5.82 Å². The topological polar surface area (TPSA) is 28.0 Å². The zero-order valence-corrected chi connectivity index (χ0v) is 4.41. The van der Waals surface area contributed by atoms with E-state index in [1.54, 1.807) is 6.34 Å². The molecule has 0 aromatic heterocycles. The maximum absolute atomic E-state index is 3.76. The molecule has 0 N–H and O–H groups in total. The smallest absolute Gasteiger partial charge is 0.119 e. The van der Waals surface area contributed by atoms with Gasteiger partial charge in [0, 0.05) is 0 Å². The quantitative estimate of drug-likeness (QED) is 0.418. The van der Waals surface area contributed by atoms with Crippen molar-refractivity contribution in [3.8, 4) is 0 Å². The van der Waals surface area contributed by atoms with Crippen molar-refractivity contribution in [2.75, 3.05) is 0 Å². The van der Waals surface area contributed by atoms with Crippen LogP contribution in [0.5, 0.6) is 0 Å². The average Bonchev–Trinajstić information content (AvgIpc) is 1.77. The van der Waals surface area contributed by atoms with Crippen LogP contribution in [0.15, 0.2) is 22.4 Å². The SMILES string of the molecule is C=C1N=CN=CN1[CH2-]. The van der Waals surface area contributed by atoms with Crippen LogP contribution in [0.3, 0.4) is 0 Å². The number of aliphatic imine (C=N–C) groups is 2. The van der Waals surface area contributed by atoms with Crippen LogP contribution in [-0.4, -0.2) is 17.6 Å². The van der Waals surface area contributed by atoms with Crippen molar-refractivity contribution in [2.45, 2.75) is 0 Å². The summed E-state index contributed by atoms with van der Waals surface area (Å²) in [6.45, 7) is 3.57. The zero-order chi connectivity index (χ0) is 5.98. The lowest BCUT2D eigenvalue weighted by atomic mass is 10.7. The minimum Gasteiger partial charge on any atom is -0.473 e. The van der Waals surface area contributed by atoms with Gasteiger partial charge < -0.3 is 4.90 Å². The summed E-state index contributed by atoms with van der Waals surface area (Å²) >= 11 is 0. The van der Waals surface area contributed by atoms with Crippen molar-refractivity contribution in [1.82, 2.24) is 4.90 Å². The summed E-state index contributed by atoms with van der Waals surface area (Å²) in [5.41, 5.74) is 0. The Bertz CT molecular complexity index is 157. The van der Waals surface area contributed by atoms with E-state index in [9.17, 15) is 0 Å². The van der Waals surface area contributed by atoms with Gasteiger partial charge in [-0.15, -0.1) is 0 Å². The molecule has 1 aliphatic heterocycles. The standard InChI is InChI=1S/C5H6N3/c1-5-7-3-6-4-8(5)2/h3-4H,1-2H2/q-1. The molecule has 0 spiro atoms. The van der Waals surface area contributed by atoms with Crippen molar-refractivity contribution in [3.05, 3.63) is 19.4 Å². The lowest BCUT2D eigenvalue weighted by Crippen LogP contribution is -2.13. The number of hydrogen-bond donors (Lipinski definition) is 0. The van der Waals surface area contributed by atoms with Crippen molar-refractivity contribution < 1.29 is 0 Å². The molecule has 1 heterocycles. The fraction of sp³-hybridized carbons (Fsp3) is 0. The van der Waals surface area contributed by atoms with Gasteiger partial charge in [-0.1, -0.05) is 6.58 Å². The van der Waals surface area contributed by atoms with E-state index in [1.165, 1.54) is 11.2 Å². The first-order valence-corrected chi connectivity index (χ1v) is 2.15. The van der Waals surface area contributed by atoms with Crippen LogP contribution in [0.2, 0.25) is 0 Å². The Morgan fingerprint density at radius 2 is 2.50 bits per heavy atom. The van der Waals surface area contributed by atoms with Crippen molar-refractivity contribution in [2.24, 2.45) is 9.98 Å². The number of nitrogens with zero attached hydrogens (tertiary/aromatic N) is 3. The van der Waals surface area contributed by atoms with Crippen LogP contribution in [0.25, 0.3) is 0 Å². The van der Waals surface area contributed by atoms with E-state index in [-0.39, 0.29) is 0 Å². The monoisotopic (exact) mass is 108 g/mol. The van der Waals surface area contributed by atoms with Gasteiger partial charge in [-0.25, -0.2) is 17.0 Å². The van der Waals surface area contributed by atoms with Gasteiger partial charge in [0.15, 0.2) is 0 Å². The first kappa shape index (κ1) is 5.03. The third-order valence-electron chi connectivity index (χ3n) is 0.811. The summed E-state index contributed by atoms with van der Waals surface area (Å²) in [6.07, 6.45) is 2.99. The Labute approximate surface area is 48.1 Å². The molecule has 1 aliphatic rings. The molecule has 0 amide bonds. The van der Waals surface area contributed by atoms with Crippen molar-refractivity contribution in [3.63, 3.8) is 0 Å². The molecule has 42 valence electrons. The molecule has 0 aromatic carbocycles. The van der Waals surface area contributed by atoms with Crippen LogP contribution < -0.4 is 0 Å². The summed E-state index contributed by atoms with van der Waals surface area (Å²) in [4.78, 5) is 8.95. The summed E-state index contributed by atoms with van der Waals surface area (Å²) < 4.78 is 0. The minimum atomic E-state index is 0.611. The molecular formula is C5H6N3-. The third-order valence-corrected chi connectivity index (χ3v) is 0.811. The molecule has 0 aliphatic carbocycles. The fourth-order valence-corrected chi connectivity index (χ4v) is 0.351. The van der Waals surface area contributed by atoms with Gasteiger partial charge in [-0.05, 0) is 0 Å². The van der Waals surface area contributed by atoms with Crippen LogP contribution in [0.4, 0.5) is 0 Å². The highest BCUT2D eigenvalue weighted by molar-refractivity contribution is 5.75. The second kappa shape index (κ2) is 1.78. The van der Waals surface area contributed by atoms with Crippen LogP contribution in [-0.2, 0) is 0 Å². The largest absolute Gasteiger partial charge is 0.473 e. The maximum Gasteiger partial charge on any atom is 0.119 e. The summed E-state index contributed by atoms with van der Waals surface area (Å²) in [5.74, 6) is 0.611. The molecule has 3 heteroatoms. The van der Waals surface area contributed by atoms with Gasteiger partial charge in [0.05, 0.1) is 12.2 Å². The second-order valence-electron chi connectivity index (χ2n) is 1.40. The van der Waals surface area contributed by atoms with Gasteiger partial charge >= 0.3 is 0 Å². The maximum atomic E-state index is 3.76. The molecule has 0 aromatic rings. The van der Waals surface area contributed by atoms with Crippen LogP contribution in [0.1, 0.15) is 0 Å². The van der Waals surface area contributed by atoms with Gasteiger partial charge in [0.2, 0.25) is 0 Å². The molecule has 0 saturated heterocycles. The van der Waals surface area contributed by atoms with Gasteiger partial charge in [-0.3, -0.25) is 0 Å². The highest BCUT2D eigenvalue weighted by Crippen LogP contribution is 1.99. The van der Waals surface area contributed by atoms with E-state index in [2.05, 4.69) is 23.6 Å². The normalized spacial score (nSPS) is 17.6. The van der Waals surface area contributed by atoms with E-state index in [0.717, 1.165) is 0 Å². The van der Waals surface area contributed by atoms with Crippen molar-refractivity contribution in [1.29, 1.82) is 0 Å². The summed E-state index contributed by atoms with van der Waals surface area (Å²) in [5, 5.41) is 0. The predicted molar refractivity (Wildman–Crippen MR) is 33.3 cm³/mol. The molecule has 8 heavy (non-hydrogen) atoms. The highest BCUT2D eigenvalue weighted by atomic mass is 15.2. The zero-order valence-electron chi connectivity index (χ0n) is 4.41. The first-order chi connectivity index (χ1) is 3.80. The molecular weight excluding hydrogens is 102 g/mol. The van der Waals surface area contributed by atoms with Crippen molar-refractivity contribution >= 4 is 12.7 Å². The predicted octanol–water partition coefficient (Wildman–Crippen LogP) is 0.621. The van der Waals surface area contributed by atoms with E-state index < -0.39 is 0 Å². The first-order valence-electron chi connectivity index (χ1n) is 2.15. The highest BCUT2D eigenvalue weighted by Gasteiger charge is 1.89. The molecule has 0 atom stereocenters. The molecule has 0 bridgehead atoms. The Morgan fingerprint density at radius 3 is 2.88 bits per heavy atom. The molecule has 0 unspecified atom stereocenters. The minimum absolute atomic E-state index is 0.611. The summed E-state index contributed by atoms with van der Waals surface area (Å²) in [7, 11) is 3.55. The Kier molecular flexibility index (Phi) is 1.12. The number of hydrogen-bond acceptors (Lipinski definition) is 3. The Balaban J connectivity index is 2.74. The Hall–Kier alpha value is -1.12. The molecule has 0 radical (unpaired) electrons. The molecule has 1 rings (SSSR count). The van der Waals surface area contributed by atoms with E-state index >= 15 is 0 Å². The average molecular weight is 108 g/mol. The molecule has 3 nitrogen and oxygen atoms in total. The van der Waals surface area contributed by atoms with Gasteiger partial charge in [0.1, 0.15) is 6.34 Å². The lowest BCUT2D eigenvalue weighted by Gasteiger charge is -2.22. The van der Waals surface area contributed by atoms with Gasteiger partial charge in [-0.2, -0.15) is 0 Å². The third kappa shape index (κ3) is 0.753. The van der Waals surface area contributed by atoms with Crippen LogP contribution >= 0.6 is 0 Å². The molecule has 0 saturated carbocycles. The molecule has 0 fully saturated rings. The fourth-order valence-electron chi connectivity index (χ4n) is 0.351. The Morgan fingerprint density at radius 1 is 1.75 bits per heavy atom. The number of rotatable bonds is 0. The van der Waals surface area contributed by atoms with Crippen LogP contribution in [0, 0.1) is 7.05 Å².